The molecule has 10 heteroatoms. The van der Waals surface area contributed by atoms with Crippen molar-refractivity contribution in [3.05, 3.63) is 72.5 Å². The number of amides is 1. The first kappa shape index (κ1) is 23.1. The molecule has 4 heterocycles. The van der Waals surface area contributed by atoms with Crippen LogP contribution in [0.2, 0.25) is 0 Å². The second kappa shape index (κ2) is 10.7. The van der Waals surface area contributed by atoms with Gasteiger partial charge >= 0.3 is 0 Å². The standard InChI is InChI=1S/C26H26N8O2/c27-18-19(25-31-21-6-1-2-7-22(21)36-25)20-10-13-30-26(32-20)29-12-5-9-24(35)34-16-14-33(15-17-34)23-8-3-4-11-28-23/h1-4,6-8,10-11,13,31H,5,9,12,14-17H2,(H,29,30,32)/b25-19-. The van der Waals surface area contributed by atoms with Gasteiger partial charge in [0.1, 0.15) is 17.5 Å². The van der Waals surface area contributed by atoms with Crippen molar-refractivity contribution in [1.29, 1.82) is 5.26 Å². The molecule has 2 aromatic heterocycles. The highest BCUT2D eigenvalue weighted by Gasteiger charge is 2.23. The summed E-state index contributed by atoms with van der Waals surface area (Å²) >= 11 is 0. The Morgan fingerprint density at radius 3 is 2.67 bits per heavy atom. The highest BCUT2D eigenvalue weighted by Crippen LogP contribution is 2.35. The Balaban J connectivity index is 1.10. The molecular weight excluding hydrogens is 456 g/mol. The van der Waals surface area contributed by atoms with Crippen molar-refractivity contribution in [2.24, 2.45) is 0 Å². The van der Waals surface area contributed by atoms with Crippen molar-refractivity contribution in [1.82, 2.24) is 19.9 Å². The number of ether oxygens (including phenoxy) is 1. The molecule has 1 saturated heterocycles. The molecule has 0 spiro atoms. The molecule has 1 amide bonds. The molecule has 2 N–H and O–H groups in total. The fourth-order valence-corrected chi connectivity index (χ4v) is 4.16. The maximum atomic E-state index is 12.6. The lowest BCUT2D eigenvalue weighted by atomic mass is 10.2. The molecule has 0 atom stereocenters. The largest absolute Gasteiger partial charge is 0.437 e. The van der Waals surface area contributed by atoms with Gasteiger partial charge in [-0.1, -0.05) is 18.2 Å². The van der Waals surface area contributed by atoms with Gasteiger partial charge in [-0.15, -0.1) is 0 Å². The highest BCUT2D eigenvalue weighted by atomic mass is 16.5. The minimum Gasteiger partial charge on any atom is -0.437 e. The number of hydrogen-bond donors (Lipinski definition) is 2. The van der Waals surface area contributed by atoms with Crippen molar-refractivity contribution in [2.75, 3.05) is 48.3 Å². The number of carbonyl (C=O) groups excluding carboxylic acids is 1. The monoisotopic (exact) mass is 482 g/mol. The van der Waals surface area contributed by atoms with E-state index in [0.717, 1.165) is 24.6 Å². The Bertz CT molecular complexity index is 1270. The van der Waals surface area contributed by atoms with E-state index >= 15 is 0 Å². The van der Waals surface area contributed by atoms with E-state index in [9.17, 15) is 10.1 Å². The number of aromatic nitrogens is 3. The average molecular weight is 483 g/mol. The van der Waals surface area contributed by atoms with Gasteiger partial charge in [-0.3, -0.25) is 4.79 Å². The quantitative estimate of drug-likeness (QED) is 0.387. The molecule has 182 valence electrons. The van der Waals surface area contributed by atoms with E-state index in [-0.39, 0.29) is 11.5 Å². The Morgan fingerprint density at radius 1 is 1.06 bits per heavy atom. The minimum atomic E-state index is 0.146. The van der Waals surface area contributed by atoms with Gasteiger partial charge in [0.05, 0.1) is 11.4 Å². The summed E-state index contributed by atoms with van der Waals surface area (Å²) < 4.78 is 5.79. The van der Waals surface area contributed by atoms with E-state index in [2.05, 4.69) is 36.6 Å². The lowest BCUT2D eigenvalue weighted by Gasteiger charge is -2.35. The van der Waals surface area contributed by atoms with Gasteiger partial charge < -0.3 is 25.2 Å². The predicted molar refractivity (Wildman–Crippen MR) is 136 cm³/mol. The third-order valence-corrected chi connectivity index (χ3v) is 6.05. The number of carbonyl (C=O) groups is 1. The van der Waals surface area contributed by atoms with Crippen LogP contribution in [0.4, 0.5) is 17.5 Å². The summed E-state index contributed by atoms with van der Waals surface area (Å²) in [5.41, 5.74) is 1.54. The van der Waals surface area contributed by atoms with Gasteiger partial charge in [0.25, 0.3) is 0 Å². The first-order valence-electron chi connectivity index (χ1n) is 11.9. The Kier molecular flexibility index (Phi) is 6.89. The molecule has 0 aliphatic carbocycles. The maximum Gasteiger partial charge on any atom is 0.223 e. The van der Waals surface area contributed by atoms with Crippen LogP contribution in [0.25, 0.3) is 5.57 Å². The van der Waals surface area contributed by atoms with Gasteiger partial charge in [0.15, 0.2) is 5.75 Å². The molecule has 0 bridgehead atoms. The number of rotatable bonds is 7. The van der Waals surface area contributed by atoms with Gasteiger partial charge in [-0.25, -0.2) is 15.0 Å². The highest BCUT2D eigenvalue weighted by molar-refractivity contribution is 5.82. The SMILES string of the molecule is N#C/C(=C1\Nc2ccccc2O1)c1ccnc(NCCCC(=O)N2CCN(c3ccccn3)CC2)n1. The fraction of sp³-hybridized carbons (Fsp3) is 0.269. The van der Waals surface area contributed by atoms with Crippen LogP contribution >= 0.6 is 0 Å². The molecule has 0 unspecified atom stereocenters. The van der Waals surface area contributed by atoms with E-state index in [1.54, 1.807) is 18.5 Å². The van der Waals surface area contributed by atoms with Gasteiger partial charge in [0.2, 0.25) is 17.7 Å². The van der Waals surface area contributed by atoms with Crippen molar-refractivity contribution >= 4 is 28.9 Å². The van der Waals surface area contributed by atoms with E-state index in [4.69, 9.17) is 4.74 Å². The first-order chi connectivity index (χ1) is 17.7. The number of nitrogens with one attached hydrogen (secondary N) is 2. The van der Waals surface area contributed by atoms with Gasteiger partial charge in [-0.2, -0.15) is 5.26 Å². The average Bonchev–Trinajstić information content (AvgIpc) is 3.36. The summed E-state index contributed by atoms with van der Waals surface area (Å²) in [4.78, 5) is 29.9. The number of allylic oxidation sites excluding steroid dienone is 1. The van der Waals surface area contributed by atoms with E-state index in [1.807, 2.05) is 47.4 Å². The van der Waals surface area contributed by atoms with Crippen LogP contribution in [0.1, 0.15) is 18.5 Å². The molecule has 36 heavy (non-hydrogen) atoms. The number of fused-ring (bicyclic) bond motifs is 1. The molecular formula is C26H26N8O2. The molecule has 0 saturated carbocycles. The van der Waals surface area contributed by atoms with Crippen molar-refractivity contribution in [3.63, 3.8) is 0 Å². The number of pyridine rings is 1. The molecule has 1 aromatic carbocycles. The first-order valence-corrected chi connectivity index (χ1v) is 11.9. The van der Waals surface area contributed by atoms with E-state index in [1.165, 1.54) is 0 Å². The predicted octanol–water partition coefficient (Wildman–Crippen LogP) is 3.11. The number of hydrogen-bond acceptors (Lipinski definition) is 9. The third-order valence-electron chi connectivity index (χ3n) is 6.05. The van der Waals surface area contributed by atoms with Gasteiger partial charge in [-0.05, 0) is 36.8 Å². The van der Waals surface area contributed by atoms with Crippen molar-refractivity contribution in [3.8, 4) is 11.8 Å². The molecule has 1 fully saturated rings. The van der Waals surface area contributed by atoms with Crippen LogP contribution in [0.5, 0.6) is 5.75 Å². The number of nitriles is 1. The molecule has 2 aliphatic heterocycles. The summed E-state index contributed by atoms with van der Waals surface area (Å²) in [5, 5.41) is 16.0. The topological polar surface area (TPSA) is 119 Å². The van der Waals surface area contributed by atoms with Crippen LogP contribution in [-0.2, 0) is 4.79 Å². The number of benzene rings is 1. The summed E-state index contributed by atoms with van der Waals surface area (Å²) in [6.45, 7) is 3.49. The molecule has 0 radical (unpaired) electrons. The van der Waals surface area contributed by atoms with Crippen LogP contribution < -0.4 is 20.3 Å². The Labute approximate surface area is 209 Å². The molecule has 3 aromatic rings. The lowest BCUT2D eigenvalue weighted by Crippen LogP contribution is -2.49. The van der Waals surface area contributed by atoms with Crippen LogP contribution in [0.15, 0.2) is 66.8 Å². The zero-order valence-electron chi connectivity index (χ0n) is 19.7. The Hall–Kier alpha value is -4.65. The second-order valence-electron chi connectivity index (χ2n) is 8.39. The molecule has 2 aliphatic rings. The summed E-state index contributed by atoms with van der Waals surface area (Å²) in [7, 11) is 0. The zero-order chi connectivity index (χ0) is 24.7. The lowest BCUT2D eigenvalue weighted by molar-refractivity contribution is -0.131. The smallest absolute Gasteiger partial charge is 0.223 e. The fourth-order valence-electron chi connectivity index (χ4n) is 4.16. The second-order valence-corrected chi connectivity index (χ2v) is 8.39. The summed E-state index contributed by atoms with van der Waals surface area (Å²) in [6.07, 6.45) is 4.48. The number of piperazine rings is 1. The van der Waals surface area contributed by atoms with Gasteiger partial charge in [0, 0.05) is 51.5 Å². The Morgan fingerprint density at radius 2 is 1.89 bits per heavy atom. The summed E-state index contributed by atoms with van der Waals surface area (Å²) in [5.74, 6) is 2.50. The summed E-state index contributed by atoms with van der Waals surface area (Å²) in [6, 6.07) is 17.2. The van der Waals surface area contributed by atoms with E-state index < -0.39 is 0 Å². The normalized spacial score (nSPS) is 15.9. The van der Waals surface area contributed by atoms with Crippen molar-refractivity contribution < 1.29 is 9.53 Å². The van der Waals surface area contributed by atoms with E-state index in [0.29, 0.717) is 55.8 Å². The maximum absolute atomic E-state index is 12.6. The molecule has 10 nitrogen and oxygen atoms in total. The number of para-hydroxylation sites is 2. The number of nitrogens with zero attached hydrogens (tertiary/aromatic N) is 6. The van der Waals surface area contributed by atoms with Crippen LogP contribution in [0, 0.1) is 11.3 Å². The minimum absolute atomic E-state index is 0.146. The number of anilines is 3. The van der Waals surface area contributed by atoms with Crippen LogP contribution in [0.3, 0.4) is 0 Å². The third kappa shape index (κ3) is 5.20. The van der Waals surface area contributed by atoms with Crippen LogP contribution in [-0.4, -0.2) is 58.5 Å². The molecule has 5 rings (SSSR count). The zero-order valence-corrected chi connectivity index (χ0v) is 19.7. The van der Waals surface area contributed by atoms with Crippen molar-refractivity contribution in [2.45, 2.75) is 12.8 Å².